The van der Waals surface area contributed by atoms with Gasteiger partial charge in [0.25, 0.3) is 5.69 Å². The van der Waals surface area contributed by atoms with Crippen LogP contribution in [0.2, 0.25) is 0 Å². The zero-order valence-electron chi connectivity index (χ0n) is 17.2. The Hall–Kier alpha value is -4.39. The van der Waals surface area contributed by atoms with Crippen LogP contribution < -0.4 is 10.6 Å². The molecule has 0 bridgehead atoms. The van der Waals surface area contributed by atoms with Crippen LogP contribution in [0.15, 0.2) is 85.2 Å². The standard InChI is InChI=1S/C25H21N5O2/c31-30(32)24-7-3-5-21-23(13-15-27-25(21)24)29-19-10-8-18(9-11-19)26-14-12-17-16-28-22-6-2-1-4-20(17)22/h1-11,13,15-16,26,28H,12,14H2,(H,27,29). The van der Waals surface area contributed by atoms with E-state index in [1.165, 1.54) is 17.0 Å². The third-order valence-electron chi connectivity index (χ3n) is 5.51. The van der Waals surface area contributed by atoms with Crippen LogP contribution >= 0.6 is 0 Å². The van der Waals surface area contributed by atoms with E-state index in [0.717, 1.165) is 35.5 Å². The second kappa shape index (κ2) is 8.39. The van der Waals surface area contributed by atoms with Crippen LogP contribution in [0, 0.1) is 10.1 Å². The fourth-order valence-electron chi connectivity index (χ4n) is 3.92. The summed E-state index contributed by atoms with van der Waals surface area (Å²) in [5.74, 6) is 0. The molecule has 0 spiro atoms. The number of para-hydroxylation sites is 2. The summed E-state index contributed by atoms with van der Waals surface area (Å²) in [7, 11) is 0. The number of hydrogen-bond donors (Lipinski definition) is 3. The van der Waals surface area contributed by atoms with Gasteiger partial charge >= 0.3 is 0 Å². The summed E-state index contributed by atoms with van der Waals surface area (Å²) in [5, 5.41) is 20.1. The first-order valence-electron chi connectivity index (χ1n) is 10.4. The van der Waals surface area contributed by atoms with Crippen LogP contribution in [0.4, 0.5) is 22.7 Å². The van der Waals surface area contributed by atoms with Gasteiger partial charge in [0.1, 0.15) is 5.52 Å². The molecule has 0 aliphatic rings. The molecular formula is C25H21N5O2. The predicted octanol–water partition coefficient (Wildman–Crippen LogP) is 6.02. The molecule has 32 heavy (non-hydrogen) atoms. The number of nitrogens with zero attached hydrogens (tertiary/aromatic N) is 2. The summed E-state index contributed by atoms with van der Waals surface area (Å²) in [6, 6.07) is 23.1. The summed E-state index contributed by atoms with van der Waals surface area (Å²) >= 11 is 0. The quantitative estimate of drug-likeness (QED) is 0.220. The Kier molecular flexibility index (Phi) is 5.13. The minimum absolute atomic E-state index is 0.000832. The average Bonchev–Trinajstić information content (AvgIpc) is 3.23. The molecule has 0 saturated carbocycles. The van der Waals surface area contributed by atoms with Crippen molar-refractivity contribution in [3.05, 3.63) is 101 Å². The van der Waals surface area contributed by atoms with Crippen molar-refractivity contribution in [1.82, 2.24) is 9.97 Å². The molecule has 0 atom stereocenters. The summed E-state index contributed by atoms with van der Waals surface area (Å²) in [6.07, 6.45) is 4.58. The lowest BCUT2D eigenvalue weighted by molar-refractivity contribution is -0.383. The number of rotatable bonds is 7. The number of non-ortho nitro benzene ring substituents is 1. The number of nitro benzene ring substituents is 1. The molecule has 0 saturated heterocycles. The Bertz CT molecular complexity index is 1410. The fourth-order valence-corrected chi connectivity index (χ4v) is 3.92. The zero-order chi connectivity index (χ0) is 21.9. The maximum absolute atomic E-state index is 11.3. The van der Waals surface area contributed by atoms with E-state index < -0.39 is 4.92 Å². The molecule has 3 aromatic carbocycles. The van der Waals surface area contributed by atoms with Gasteiger partial charge in [0, 0.05) is 58.4 Å². The van der Waals surface area contributed by atoms with E-state index in [0.29, 0.717) is 10.9 Å². The minimum atomic E-state index is -0.407. The second-order valence-electron chi connectivity index (χ2n) is 7.53. The van der Waals surface area contributed by atoms with Crippen LogP contribution in [0.3, 0.4) is 0 Å². The number of aromatic nitrogens is 2. The van der Waals surface area contributed by atoms with Gasteiger partial charge < -0.3 is 15.6 Å². The van der Waals surface area contributed by atoms with Crippen molar-refractivity contribution in [1.29, 1.82) is 0 Å². The molecule has 0 fully saturated rings. The van der Waals surface area contributed by atoms with Gasteiger partial charge in [0.2, 0.25) is 0 Å². The van der Waals surface area contributed by atoms with Gasteiger partial charge in [0.05, 0.1) is 4.92 Å². The Balaban J connectivity index is 1.26. The maximum Gasteiger partial charge on any atom is 0.295 e. The minimum Gasteiger partial charge on any atom is -0.385 e. The van der Waals surface area contributed by atoms with Crippen LogP contribution in [0.25, 0.3) is 21.8 Å². The lowest BCUT2D eigenvalue weighted by Crippen LogP contribution is -2.04. The molecule has 0 radical (unpaired) electrons. The molecule has 0 unspecified atom stereocenters. The highest BCUT2D eigenvalue weighted by atomic mass is 16.6. The van der Waals surface area contributed by atoms with Crippen molar-refractivity contribution in [3.63, 3.8) is 0 Å². The van der Waals surface area contributed by atoms with Gasteiger partial charge in [0.15, 0.2) is 0 Å². The number of aromatic amines is 1. The molecule has 3 N–H and O–H groups in total. The van der Waals surface area contributed by atoms with Crippen LogP contribution in [0.1, 0.15) is 5.56 Å². The topological polar surface area (TPSA) is 95.9 Å². The van der Waals surface area contributed by atoms with Crippen LogP contribution in [-0.2, 0) is 6.42 Å². The number of fused-ring (bicyclic) bond motifs is 2. The predicted molar refractivity (Wildman–Crippen MR) is 129 cm³/mol. The lowest BCUT2D eigenvalue weighted by Gasteiger charge is -2.11. The molecule has 0 aliphatic heterocycles. The average molecular weight is 423 g/mol. The summed E-state index contributed by atoms with van der Waals surface area (Å²) in [4.78, 5) is 18.4. The van der Waals surface area contributed by atoms with Crippen molar-refractivity contribution in [3.8, 4) is 0 Å². The highest BCUT2D eigenvalue weighted by Crippen LogP contribution is 2.30. The van der Waals surface area contributed by atoms with E-state index in [9.17, 15) is 10.1 Å². The maximum atomic E-state index is 11.3. The molecule has 2 heterocycles. The third kappa shape index (κ3) is 3.83. The second-order valence-corrected chi connectivity index (χ2v) is 7.53. The molecule has 0 aliphatic carbocycles. The molecule has 7 nitrogen and oxygen atoms in total. The van der Waals surface area contributed by atoms with E-state index in [2.05, 4.69) is 45.0 Å². The normalized spacial score (nSPS) is 11.0. The van der Waals surface area contributed by atoms with Crippen LogP contribution in [-0.4, -0.2) is 21.4 Å². The third-order valence-corrected chi connectivity index (χ3v) is 5.51. The number of nitro groups is 1. The molecule has 2 aromatic heterocycles. The Labute approximate surface area is 184 Å². The van der Waals surface area contributed by atoms with Crippen molar-refractivity contribution >= 4 is 44.6 Å². The van der Waals surface area contributed by atoms with Crippen molar-refractivity contribution < 1.29 is 4.92 Å². The monoisotopic (exact) mass is 423 g/mol. The number of hydrogen-bond acceptors (Lipinski definition) is 5. The molecule has 5 aromatic rings. The molecule has 5 rings (SSSR count). The van der Waals surface area contributed by atoms with Gasteiger partial charge in [-0.2, -0.15) is 0 Å². The van der Waals surface area contributed by atoms with Gasteiger partial charge in [-0.1, -0.05) is 30.3 Å². The van der Waals surface area contributed by atoms with Gasteiger partial charge in [-0.05, 0) is 48.4 Å². The summed E-state index contributed by atoms with van der Waals surface area (Å²) in [5.41, 5.74) is 5.53. The highest BCUT2D eigenvalue weighted by Gasteiger charge is 2.14. The fraction of sp³-hybridized carbons (Fsp3) is 0.0800. The van der Waals surface area contributed by atoms with Gasteiger partial charge in [-0.25, -0.2) is 4.98 Å². The van der Waals surface area contributed by atoms with Crippen LogP contribution in [0.5, 0.6) is 0 Å². The molecule has 0 amide bonds. The first-order chi connectivity index (χ1) is 15.7. The van der Waals surface area contributed by atoms with E-state index in [1.54, 1.807) is 12.3 Å². The number of anilines is 3. The number of pyridine rings is 1. The molecule has 7 heteroatoms. The van der Waals surface area contributed by atoms with Gasteiger partial charge in [-0.15, -0.1) is 0 Å². The van der Waals surface area contributed by atoms with Crippen molar-refractivity contribution in [2.45, 2.75) is 6.42 Å². The van der Waals surface area contributed by atoms with E-state index in [-0.39, 0.29) is 5.69 Å². The first-order valence-corrected chi connectivity index (χ1v) is 10.4. The highest BCUT2D eigenvalue weighted by molar-refractivity contribution is 5.97. The number of H-pyrrole nitrogens is 1. The number of benzene rings is 3. The summed E-state index contributed by atoms with van der Waals surface area (Å²) in [6.45, 7) is 0.827. The lowest BCUT2D eigenvalue weighted by atomic mass is 10.1. The number of nitrogens with one attached hydrogen (secondary N) is 3. The smallest absolute Gasteiger partial charge is 0.295 e. The largest absolute Gasteiger partial charge is 0.385 e. The zero-order valence-corrected chi connectivity index (χ0v) is 17.2. The van der Waals surface area contributed by atoms with Crippen molar-refractivity contribution in [2.75, 3.05) is 17.2 Å². The Morgan fingerprint density at radius 2 is 1.69 bits per heavy atom. The summed E-state index contributed by atoms with van der Waals surface area (Å²) < 4.78 is 0. The first kappa shape index (κ1) is 19.6. The Morgan fingerprint density at radius 1 is 0.906 bits per heavy atom. The van der Waals surface area contributed by atoms with E-state index in [4.69, 9.17) is 0 Å². The van der Waals surface area contributed by atoms with E-state index in [1.807, 2.05) is 42.5 Å². The molecular weight excluding hydrogens is 402 g/mol. The van der Waals surface area contributed by atoms with Crippen molar-refractivity contribution in [2.24, 2.45) is 0 Å². The Morgan fingerprint density at radius 3 is 2.53 bits per heavy atom. The molecule has 158 valence electrons. The SMILES string of the molecule is O=[N+]([O-])c1cccc2c(Nc3ccc(NCCc4c[nH]c5ccccc45)cc3)ccnc12. The van der Waals surface area contributed by atoms with Gasteiger partial charge in [-0.3, -0.25) is 10.1 Å². The van der Waals surface area contributed by atoms with E-state index >= 15 is 0 Å².